The van der Waals surface area contributed by atoms with Crippen LogP contribution in [0.1, 0.15) is 30.8 Å². The van der Waals surface area contributed by atoms with E-state index >= 15 is 0 Å². The molecule has 0 saturated heterocycles. The average molecular weight is 497 g/mol. The Morgan fingerprint density at radius 2 is 2.11 bits per heavy atom. The van der Waals surface area contributed by atoms with Gasteiger partial charge in [-0.05, 0) is 44.4 Å². The van der Waals surface area contributed by atoms with Gasteiger partial charge in [0.15, 0.2) is 5.96 Å². The third-order valence-electron chi connectivity index (χ3n) is 4.70. The molecule has 28 heavy (non-hydrogen) atoms. The number of ether oxygens (including phenoxy) is 1. The first-order valence-electron chi connectivity index (χ1n) is 9.83. The minimum absolute atomic E-state index is 0. The van der Waals surface area contributed by atoms with Gasteiger partial charge in [0.25, 0.3) is 0 Å². The number of rotatable bonds is 7. The lowest BCUT2D eigenvalue weighted by molar-refractivity contribution is 0.235. The SMILES string of the molecule is CCNC(=NCC(C)Cn1nc(C)cc1C)NCC1Cc2ccccc2O1.I. The molecule has 0 radical (unpaired) electrons. The number of guanidine groups is 1. The Hall–Kier alpha value is -1.77. The molecule has 7 heteroatoms. The van der Waals surface area contributed by atoms with Crippen molar-refractivity contribution in [3.8, 4) is 5.75 Å². The summed E-state index contributed by atoms with van der Waals surface area (Å²) < 4.78 is 8.07. The quantitative estimate of drug-likeness (QED) is 0.350. The van der Waals surface area contributed by atoms with Gasteiger partial charge < -0.3 is 15.4 Å². The Bertz CT molecular complexity index is 764. The molecular weight excluding hydrogens is 465 g/mol. The summed E-state index contributed by atoms with van der Waals surface area (Å²) in [7, 11) is 0. The molecule has 0 spiro atoms. The number of nitrogens with one attached hydrogen (secondary N) is 2. The topological polar surface area (TPSA) is 63.5 Å². The zero-order chi connectivity index (χ0) is 19.2. The largest absolute Gasteiger partial charge is 0.488 e. The standard InChI is InChI=1S/C21H31N5O.HI/c1-5-22-21(23-12-15(2)14-26-17(4)10-16(3)25-26)24-13-19-11-18-8-6-7-9-20(18)27-19;/h6-10,15,19H,5,11-14H2,1-4H3,(H2,22,23,24);1H. The van der Waals surface area contributed by atoms with Crippen molar-refractivity contribution in [2.75, 3.05) is 19.6 Å². The van der Waals surface area contributed by atoms with Crippen molar-refractivity contribution in [1.29, 1.82) is 0 Å². The van der Waals surface area contributed by atoms with Crippen LogP contribution in [-0.2, 0) is 13.0 Å². The molecule has 0 aliphatic carbocycles. The fourth-order valence-corrected chi connectivity index (χ4v) is 3.38. The van der Waals surface area contributed by atoms with Crippen LogP contribution in [0.25, 0.3) is 0 Å². The zero-order valence-corrected chi connectivity index (χ0v) is 19.6. The van der Waals surface area contributed by atoms with E-state index in [0.717, 1.165) is 50.0 Å². The predicted molar refractivity (Wildman–Crippen MR) is 125 cm³/mol. The number of halogens is 1. The number of hydrogen-bond donors (Lipinski definition) is 2. The van der Waals surface area contributed by atoms with Gasteiger partial charge in [-0.2, -0.15) is 5.10 Å². The van der Waals surface area contributed by atoms with Crippen LogP contribution in [0.5, 0.6) is 5.75 Å². The number of aryl methyl sites for hydroxylation is 2. The average Bonchev–Trinajstić information content (AvgIpc) is 3.19. The molecule has 2 N–H and O–H groups in total. The van der Waals surface area contributed by atoms with Crippen LogP contribution < -0.4 is 15.4 Å². The molecule has 2 aromatic rings. The van der Waals surface area contributed by atoms with E-state index < -0.39 is 0 Å². The van der Waals surface area contributed by atoms with Crippen LogP contribution in [0.2, 0.25) is 0 Å². The Morgan fingerprint density at radius 3 is 2.79 bits per heavy atom. The maximum absolute atomic E-state index is 6.00. The third-order valence-corrected chi connectivity index (χ3v) is 4.70. The highest BCUT2D eigenvalue weighted by molar-refractivity contribution is 14.0. The van der Waals surface area contributed by atoms with Crippen LogP contribution in [-0.4, -0.2) is 41.5 Å². The summed E-state index contributed by atoms with van der Waals surface area (Å²) in [6.45, 7) is 11.6. The highest BCUT2D eigenvalue weighted by Crippen LogP contribution is 2.27. The fraction of sp³-hybridized carbons (Fsp3) is 0.524. The minimum atomic E-state index is 0. The first-order chi connectivity index (χ1) is 13.0. The number of aliphatic imine (C=N–C) groups is 1. The van der Waals surface area contributed by atoms with Gasteiger partial charge in [0.1, 0.15) is 11.9 Å². The van der Waals surface area contributed by atoms with E-state index in [1.54, 1.807) is 0 Å². The first kappa shape index (κ1) is 22.5. The molecule has 0 bridgehead atoms. The van der Waals surface area contributed by atoms with Crippen LogP contribution >= 0.6 is 24.0 Å². The Balaban J connectivity index is 0.00000280. The zero-order valence-electron chi connectivity index (χ0n) is 17.2. The second kappa shape index (κ2) is 10.7. The maximum Gasteiger partial charge on any atom is 0.191 e. The molecule has 2 heterocycles. The molecule has 1 aromatic heterocycles. The smallest absolute Gasteiger partial charge is 0.191 e. The first-order valence-corrected chi connectivity index (χ1v) is 9.83. The monoisotopic (exact) mass is 497 g/mol. The molecule has 1 aliphatic heterocycles. The number of hydrogen-bond acceptors (Lipinski definition) is 3. The van der Waals surface area contributed by atoms with E-state index in [1.165, 1.54) is 11.3 Å². The Labute approximate surface area is 185 Å². The van der Waals surface area contributed by atoms with Crippen LogP contribution in [0, 0.1) is 19.8 Å². The molecule has 0 fully saturated rings. The Kier molecular flexibility index (Phi) is 8.59. The van der Waals surface area contributed by atoms with Gasteiger partial charge in [0.2, 0.25) is 0 Å². The molecular formula is C21H32IN5O. The molecule has 1 aromatic carbocycles. The minimum Gasteiger partial charge on any atom is -0.488 e. The van der Waals surface area contributed by atoms with Crippen molar-refractivity contribution < 1.29 is 4.74 Å². The van der Waals surface area contributed by atoms with Crippen molar-refractivity contribution in [3.63, 3.8) is 0 Å². The lowest BCUT2D eigenvalue weighted by Gasteiger charge is -2.16. The van der Waals surface area contributed by atoms with E-state index in [-0.39, 0.29) is 30.1 Å². The summed E-state index contributed by atoms with van der Waals surface area (Å²) in [5.41, 5.74) is 3.55. The lowest BCUT2D eigenvalue weighted by atomic mass is 10.1. The summed E-state index contributed by atoms with van der Waals surface area (Å²) in [6, 6.07) is 10.4. The summed E-state index contributed by atoms with van der Waals surface area (Å²) in [4.78, 5) is 4.75. The summed E-state index contributed by atoms with van der Waals surface area (Å²) in [5.74, 6) is 2.26. The highest BCUT2D eigenvalue weighted by Gasteiger charge is 2.22. The second-order valence-corrected chi connectivity index (χ2v) is 7.37. The fourth-order valence-electron chi connectivity index (χ4n) is 3.38. The van der Waals surface area contributed by atoms with Crippen LogP contribution in [0.15, 0.2) is 35.3 Å². The third kappa shape index (κ3) is 6.12. The van der Waals surface area contributed by atoms with E-state index in [9.17, 15) is 0 Å². The van der Waals surface area contributed by atoms with Crippen LogP contribution in [0.3, 0.4) is 0 Å². The number of fused-ring (bicyclic) bond motifs is 1. The van der Waals surface area contributed by atoms with Gasteiger partial charge in [-0.15, -0.1) is 24.0 Å². The number of nitrogens with zero attached hydrogens (tertiary/aromatic N) is 3. The van der Waals surface area contributed by atoms with Crippen molar-refractivity contribution in [1.82, 2.24) is 20.4 Å². The van der Waals surface area contributed by atoms with Crippen LogP contribution in [0.4, 0.5) is 0 Å². The van der Waals surface area contributed by atoms with E-state index in [0.29, 0.717) is 5.92 Å². The second-order valence-electron chi connectivity index (χ2n) is 7.37. The van der Waals surface area contributed by atoms with E-state index in [4.69, 9.17) is 9.73 Å². The lowest BCUT2D eigenvalue weighted by Crippen LogP contribution is -2.42. The molecule has 6 nitrogen and oxygen atoms in total. The van der Waals surface area contributed by atoms with Gasteiger partial charge in [-0.25, -0.2) is 0 Å². The van der Waals surface area contributed by atoms with Crippen molar-refractivity contribution in [2.24, 2.45) is 10.9 Å². The molecule has 154 valence electrons. The molecule has 2 unspecified atom stereocenters. The van der Waals surface area contributed by atoms with E-state index in [1.807, 2.05) is 19.1 Å². The van der Waals surface area contributed by atoms with Crippen molar-refractivity contribution >= 4 is 29.9 Å². The normalized spacial score (nSPS) is 16.7. The summed E-state index contributed by atoms with van der Waals surface area (Å²) in [5, 5.41) is 11.3. The Morgan fingerprint density at radius 1 is 1.32 bits per heavy atom. The number of benzene rings is 1. The highest BCUT2D eigenvalue weighted by atomic mass is 127. The van der Waals surface area contributed by atoms with Gasteiger partial charge in [0.05, 0.1) is 12.2 Å². The predicted octanol–water partition coefficient (Wildman–Crippen LogP) is 3.31. The molecule has 2 atom stereocenters. The summed E-state index contributed by atoms with van der Waals surface area (Å²) >= 11 is 0. The van der Waals surface area contributed by atoms with Gasteiger partial charge in [-0.3, -0.25) is 9.67 Å². The number of para-hydroxylation sites is 1. The molecule has 0 amide bonds. The van der Waals surface area contributed by atoms with Gasteiger partial charge in [0, 0.05) is 31.7 Å². The van der Waals surface area contributed by atoms with Gasteiger partial charge >= 0.3 is 0 Å². The van der Waals surface area contributed by atoms with E-state index in [2.05, 4.69) is 59.4 Å². The molecule has 0 saturated carbocycles. The van der Waals surface area contributed by atoms with Gasteiger partial charge in [-0.1, -0.05) is 25.1 Å². The molecule has 3 rings (SSSR count). The summed E-state index contributed by atoms with van der Waals surface area (Å²) in [6.07, 6.45) is 1.09. The van der Waals surface area contributed by atoms with Crippen molar-refractivity contribution in [3.05, 3.63) is 47.3 Å². The van der Waals surface area contributed by atoms with Crippen molar-refractivity contribution in [2.45, 2.75) is 46.8 Å². The maximum atomic E-state index is 6.00. The molecule has 1 aliphatic rings. The number of aromatic nitrogens is 2.